The van der Waals surface area contributed by atoms with E-state index in [1.54, 1.807) is 6.92 Å². The highest BCUT2D eigenvalue weighted by Crippen LogP contribution is 2.24. The summed E-state index contributed by atoms with van der Waals surface area (Å²) in [6.07, 6.45) is 0.297. The van der Waals surface area contributed by atoms with Crippen LogP contribution in [0.5, 0.6) is 0 Å². The summed E-state index contributed by atoms with van der Waals surface area (Å²) in [6.45, 7) is 1.69. The first-order chi connectivity index (χ1) is 7.36. The third kappa shape index (κ3) is 3.02. The second-order valence-electron chi connectivity index (χ2n) is 3.77. The van der Waals surface area contributed by atoms with Gasteiger partial charge in [-0.25, -0.2) is 12.8 Å². The second kappa shape index (κ2) is 4.93. The Morgan fingerprint density at radius 3 is 2.19 bits per heavy atom. The Labute approximate surface area is 94.8 Å². The lowest BCUT2D eigenvalue weighted by Gasteiger charge is -2.20. The van der Waals surface area contributed by atoms with Crippen molar-refractivity contribution in [2.24, 2.45) is 0 Å². The van der Waals surface area contributed by atoms with Crippen molar-refractivity contribution in [1.29, 1.82) is 0 Å². The van der Waals surface area contributed by atoms with Crippen molar-refractivity contribution in [2.75, 3.05) is 6.26 Å². The predicted octanol–water partition coefficient (Wildman–Crippen LogP) is 1.68. The first-order valence-corrected chi connectivity index (χ1v) is 6.94. The highest BCUT2D eigenvalue weighted by atomic mass is 32.2. The van der Waals surface area contributed by atoms with Gasteiger partial charge in [-0.15, -0.1) is 0 Å². The SMILES string of the molecule is CCC(C(O)c1ccc(F)cc1)S(C)(=O)=O. The number of halogens is 1. The van der Waals surface area contributed by atoms with E-state index >= 15 is 0 Å². The van der Waals surface area contributed by atoms with Crippen LogP contribution in [0.3, 0.4) is 0 Å². The summed E-state index contributed by atoms with van der Waals surface area (Å²) in [5.74, 6) is -0.414. The van der Waals surface area contributed by atoms with Gasteiger partial charge < -0.3 is 5.11 Å². The summed E-state index contributed by atoms with van der Waals surface area (Å²) < 4.78 is 35.5. The van der Waals surface area contributed by atoms with Gasteiger partial charge in [0.1, 0.15) is 5.82 Å². The van der Waals surface area contributed by atoms with Crippen molar-refractivity contribution in [3.05, 3.63) is 35.6 Å². The normalized spacial score (nSPS) is 15.8. The molecule has 0 aliphatic carbocycles. The molecule has 0 fully saturated rings. The Bertz CT molecular complexity index is 439. The average Bonchev–Trinajstić information content (AvgIpc) is 2.17. The van der Waals surface area contributed by atoms with Crippen LogP contribution < -0.4 is 0 Å². The van der Waals surface area contributed by atoms with E-state index in [1.165, 1.54) is 24.3 Å². The van der Waals surface area contributed by atoms with Crippen LogP contribution in [0.1, 0.15) is 25.0 Å². The minimum Gasteiger partial charge on any atom is -0.387 e. The van der Waals surface area contributed by atoms with E-state index in [4.69, 9.17) is 0 Å². The topological polar surface area (TPSA) is 54.4 Å². The zero-order chi connectivity index (χ0) is 12.3. The highest BCUT2D eigenvalue weighted by molar-refractivity contribution is 7.91. The number of hydrogen-bond donors (Lipinski definition) is 1. The molecule has 0 heterocycles. The fourth-order valence-electron chi connectivity index (χ4n) is 1.63. The quantitative estimate of drug-likeness (QED) is 0.879. The summed E-state index contributed by atoms with van der Waals surface area (Å²) in [4.78, 5) is 0. The molecule has 0 amide bonds. The van der Waals surface area contributed by atoms with Crippen molar-refractivity contribution in [2.45, 2.75) is 24.7 Å². The lowest BCUT2D eigenvalue weighted by atomic mass is 10.1. The minimum atomic E-state index is -3.32. The van der Waals surface area contributed by atoms with E-state index in [0.29, 0.717) is 12.0 Å². The van der Waals surface area contributed by atoms with E-state index in [2.05, 4.69) is 0 Å². The average molecular weight is 246 g/mol. The summed E-state index contributed by atoms with van der Waals surface area (Å²) in [5, 5.41) is 9.06. The molecule has 0 aliphatic rings. The summed E-state index contributed by atoms with van der Waals surface area (Å²) in [7, 11) is -3.32. The number of aliphatic hydroxyl groups is 1. The molecular formula is C11H15FO3S. The third-order valence-corrected chi connectivity index (χ3v) is 4.21. The molecular weight excluding hydrogens is 231 g/mol. The number of aliphatic hydroxyl groups excluding tert-OH is 1. The highest BCUT2D eigenvalue weighted by Gasteiger charge is 2.28. The molecule has 1 aromatic rings. The molecule has 5 heteroatoms. The molecule has 1 aromatic carbocycles. The Kier molecular flexibility index (Phi) is 4.04. The molecule has 0 aliphatic heterocycles. The van der Waals surface area contributed by atoms with Gasteiger partial charge in [0.25, 0.3) is 0 Å². The Hall–Kier alpha value is -0.940. The maximum Gasteiger partial charge on any atom is 0.153 e. The van der Waals surface area contributed by atoms with Crippen LogP contribution in [0.15, 0.2) is 24.3 Å². The molecule has 1 N–H and O–H groups in total. The van der Waals surface area contributed by atoms with Crippen molar-refractivity contribution < 1.29 is 17.9 Å². The second-order valence-corrected chi connectivity index (χ2v) is 6.04. The molecule has 16 heavy (non-hydrogen) atoms. The van der Waals surface area contributed by atoms with Crippen LogP contribution in [0.2, 0.25) is 0 Å². The Balaban J connectivity index is 3.00. The predicted molar refractivity (Wildman–Crippen MR) is 60.3 cm³/mol. The van der Waals surface area contributed by atoms with Crippen molar-refractivity contribution in [1.82, 2.24) is 0 Å². The van der Waals surface area contributed by atoms with Gasteiger partial charge in [0.05, 0.1) is 11.4 Å². The molecule has 3 nitrogen and oxygen atoms in total. The number of benzene rings is 1. The molecule has 2 unspecified atom stereocenters. The molecule has 0 spiro atoms. The van der Waals surface area contributed by atoms with Gasteiger partial charge in [0.15, 0.2) is 9.84 Å². The first-order valence-electron chi connectivity index (χ1n) is 4.98. The van der Waals surface area contributed by atoms with Gasteiger partial charge in [-0.1, -0.05) is 19.1 Å². The molecule has 1 rings (SSSR count). The largest absolute Gasteiger partial charge is 0.387 e. The fraction of sp³-hybridized carbons (Fsp3) is 0.455. The van der Waals surface area contributed by atoms with Gasteiger partial charge in [-0.3, -0.25) is 0 Å². The van der Waals surface area contributed by atoms with Gasteiger partial charge in [-0.2, -0.15) is 0 Å². The van der Waals surface area contributed by atoms with Crippen LogP contribution in [0.4, 0.5) is 4.39 Å². The van der Waals surface area contributed by atoms with Crippen molar-refractivity contribution in [3.8, 4) is 0 Å². The number of sulfone groups is 1. The van der Waals surface area contributed by atoms with Gasteiger partial charge in [-0.05, 0) is 24.1 Å². The van der Waals surface area contributed by atoms with Crippen LogP contribution in [-0.4, -0.2) is 25.0 Å². The summed E-state index contributed by atoms with van der Waals surface area (Å²) in [5.41, 5.74) is 0.415. The smallest absolute Gasteiger partial charge is 0.153 e. The minimum absolute atomic E-state index is 0.317. The lowest BCUT2D eigenvalue weighted by molar-refractivity contribution is 0.169. The fourth-order valence-corrected chi connectivity index (χ4v) is 2.87. The maximum atomic E-state index is 12.7. The van der Waals surface area contributed by atoms with Crippen LogP contribution in [-0.2, 0) is 9.84 Å². The molecule has 0 radical (unpaired) electrons. The zero-order valence-corrected chi connectivity index (χ0v) is 10.0. The standard InChI is InChI=1S/C11H15FO3S/c1-3-10(16(2,14)15)11(13)8-4-6-9(12)7-5-8/h4-7,10-11,13H,3H2,1-2H3. The summed E-state index contributed by atoms with van der Waals surface area (Å²) >= 11 is 0. The molecule has 2 atom stereocenters. The van der Waals surface area contributed by atoms with Gasteiger partial charge in [0.2, 0.25) is 0 Å². The van der Waals surface area contributed by atoms with E-state index in [0.717, 1.165) is 6.26 Å². The Morgan fingerprint density at radius 2 is 1.81 bits per heavy atom. The molecule has 90 valence electrons. The third-order valence-electron chi connectivity index (χ3n) is 2.52. The maximum absolute atomic E-state index is 12.7. The molecule has 0 aromatic heterocycles. The molecule has 0 bridgehead atoms. The van der Waals surface area contributed by atoms with Crippen molar-refractivity contribution in [3.63, 3.8) is 0 Å². The zero-order valence-electron chi connectivity index (χ0n) is 9.22. The van der Waals surface area contributed by atoms with E-state index in [-0.39, 0.29) is 0 Å². The molecule has 0 saturated heterocycles. The number of hydrogen-bond acceptors (Lipinski definition) is 3. The monoisotopic (exact) mass is 246 g/mol. The van der Waals surface area contributed by atoms with E-state index in [1.807, 2.05) is 0 Å². The van der Waals surface area contributed by atoms with E-state index in [9.17, 15) is 17.9 Å². The van der Waals surface area contributed by atoms with Crippen LogP contribution in [0, 0.1) is 5.82 Å². The van der Waals surface area contributed by atoms with Gasteiger partial charge >= 0.3 is 0 Å². The Morgan fingerprint density at radius 1 is 1.31 bits per heavy atom. The van der Waals surface area contributed by atoms with Crippen LogP contribution >= 0.6 is 0 Å². The number of rotatable bonds is 4. The first kappa shape index (κ1) is 13.1. The van der Waals surface area contributed by atoms with Gasteiger partial charge in [0, 0.05) is 6.26 Å². The van der Waals surface area contributed by atoms with Crippen LogP contribution in [0.25, 0.3) is 0 Å². The van der Waals surface area contributed by atoms with Crippen molar-refractivity contribution >= 4 is 9.84 Å². The summed E-state index contributed by atoms with van der Waals surface area (Å²) in [6, 6.07) is 5.20. The van der Waals surface area contributed by atoms with E-state index < -0.39 is 27.0 Å². The lowest BCUT2D eigenvalue weighted by Crippen LogP contribution is -2.26. The molecule has 0 saturated carbocycles.